The molecule has 0 bridgehead atoms. The van der Waals surface area contributed by atoms with E-state index in [0.717, 1.165) is 51.4 Å². The maximum Gasteiger partial charge on any atom is 0.119 e. The third-order valence-corrected chi connectivity index (χ3v) is 6.05. The van der Waals surface area contributed by atoms with Crippen LogP contribution in [0.1, 0.15) is 30.0 Å². The normalized spacial score (nSPS) is 15.3. The quantitative estimate of drug-likeness (QED) is 0.393. The lowest BCUT2D eigenvalue weighted by Crippen LogP contribution is -2.38. The van der Waals surface area contributed by atoms with Crippen LogP contribution in [0.25, 0.3) is 11.1 Å². The maximum atomic E-state index is 6.00. The van der Waals surface area contributed by atoms with Gasteiger partial charge in [-0.05, 0) is 52.8 Å². The highest BCUT2D eigenvalue weighted by atomic mass is 16.5. The molecule has 3 aromatic rings. The first-order valence-corrected chi connectivity index (χ1v) is 11.7. The zero-order valence-corrected chi connectivity index (χ0v) is 19.0. The van der Waals surface area contributed by atoms with E-state index in [4.69, 9.17) is 9.47 Å². The van der Waals surface area contributed by atoms with Crippen molar-refractivity contribution >= 4 is 11.1 Å². The van der Waals surface area contributed by atoms with E-state index in [0.29, 0.717) is 6.61 Å². The molecule has 166 valence electrons. The van der Waals surface area contributed by atoms with E-state index < -0.39 is 0 Å². The first kappa shape index (κ1) is 22.3. The fraction of sp³-hybridized carbons (Fsp3) is 0.310. The smallest absolute Gasteiger partial charge is 0.119 e. The van der Waals surface area contributed by atoms with Crippen molar-refractivity contribution in [2.24, 2.45) is 0 Å². The summed E-state index contributed by atoms with van der Waals surface area (Å²) in [7, 11) is 0. The molecular formula is C29H33NO2. The standard InChI is InChI=1S/C29H33NO2/c1-2-28(25-9-5-3-6-10-25)29(26-11-7-4-8-12-26)23-24-13-15-27(16-14-24)32-22-19-30-17-20-31-21-18-30/h3-16H,2,17-23H2,1H3/b29-28+. The van der Waals surface area contributed by atoms with Crippen LogP contribution in [0.3, 0.4) is 0 Å². The summed E-state index contributed by atoms with van der Waals surface area (Å²) in [6.07, 6.45) is 1.90. The summed E-state index contributed by atoms with van der Waals surface area (Å²) in [5.74, 6) is 0.936. The third kappa shape index (κ3) is 6.09. The van der Waals surface area contributed by atoms with E-state index in [-0.39, 0.29) is 0 Å². The molecule has 0 saturated carbocycles. The van der Waals surface area contributed by atoms with Crippen LogP contribution in [-0.4, -0.2) is 44.4 Å². The van der Waals surface area contributed by atoms with Crippen molar-refractivity contribution in [2.75, 3.05) is 39.5 Å². The highest BCUT2D eigenvalue weighted by Crippen LogP contribution is 2.32. The summed E-state index contributed by atoms with van der Waals surface area (Å²) in [5, 5.41) is 0. The van der Waals surface area contributed by atoms with Crippen LogP contribution in [0, 0.1) is 0 Å². The number of hydrogen-bond donors (Lipinski definition) is 0. The molecule has 3 nitrogen and oxygen atoms in total. The average molecular weight is 428 g/mol. The van der Waals surface area contributed by atoms with Crippen LogP contribution in [0.15, 0.2) is 84.9 Å². The molecule has 1 heterocycles. The van der Waals surface area contributed by atoms with Gasteiger partial charge < -0.3 is 9.47 Å². The number of allylic oxidation sites excluding steroid dienone is 2. The van der Waals surface area contributed by atoms with Gasteiger partial charge in [0, 0.05) is 19.6 Å². The van der Waals surface area contributed by atoms with Gasteiger partial charge in [-0.15, -0.1) is 0 Å². The SMILES string of the molecule is CC/C(=C(/Cc1ccc(OCCN2CCOCC2)cc1)c1ccccc1)c1ccccc1. The number of hydrogen-bond acceptors (Lipinski definition) is 3. The molecule has 0 atom stereocenters. The van der Waals surface area contributed by atoms with Crippen molar-refractivity contribution < 1.29 is 9.47 Å². The lowest BCUT2D eigenvalue weighted by molar-refractivity contribution is 0.0322. The van der Waals surface area contributed by atoms with Gasteiger partial charge in [0.25, 0.3) is 0 Å². The minimum Gasteiger partial charge on any atom is -0.492 e. The lowest BCUT2D eigenvalue weighted by atomic mass is 9.89. The van der Waals surface area contributed by atoms with Gasteiger partial charge in [-0.1, -0.05) is 79.7 Å². The summed E-state index contributed by atoms with van der Waals surface area (Å²) in [4.78, 5) is 2.39. The fourth-order valence-electron chi connectivity index (χ4n) is 4.28. The summed E-state index contributed by atoms with van der Waals surface area (Å²) in [5.41, 5.74) is 6.69. The Morgan fingerprint density at radius 1 is 0.781 bits per heavy atom. The number of morpholine rings is 1. The number of benzene rings is 3. The first-order chi connectivity index (χ1) is 15.8. The largest absolute Gasteiger partial charge is 0.492 e. The maximum absolute atomic E-state index is 6.00. The van der Waals surface area contributed by atoms with Crippen LogP contribution in [0.5, 0.6) is 5.75 Å². The second kappa shape index (κ2) is 11.7. The zero-order chi connectivity index (χ0) is 22.0. The van der Waals surface area contributed by atoms with Gasteiger partial charge in [0.15, 0.2) is 0 Å². The molecule has 0 unspecified atom stereocenters. The monoisotopic (exact) mass is 427 g/mol. The number of ether oxygens (including phenoxy) is 2. The van der Waals surface area contributed by atoms with Gasteiger partial charge in [-0.25, -0.2) is 0 Å². The molecule has 1 aliphatic heterocycles. The van der Waals surface area contributed by atoms with E-state index in [9.17, 15) is 0 Å². The molecule has 32 heavy (non-hydrogen) atoms. The molecule has 0 radical (unpaired) electrons. The van der Waals surface area contributed by atoms with Crippen molar-refractivity contribution in [3.63, 3.8) is 0 Å². The summed E-state index contributed by atoms with van der Waals surface area (Å²) in [6.45, 7) is 7.56. The van der Waals surface area contributed by atoms with Crippen LogP contribution < -0.4 is 4.74 Å². The zero-order valence-electron chi connectivity index (χ0n) is 19.0. The van der Waals surface area contributed by atoms with Crippen molar-refractivity contribution in [1.29, 1.82) is 0 Å². The third-order valence-electron chi connectivity index (χ3n) is 6.05. The molecule has 3 aromatic carbocycles. The summed E-state index contributed by atoms with van der Waals surface area (Å²) >= 11 is 0. The molecule has 0 N–H and O–H groups in total. The minimum absolute atomic E-state index is 0.711. The van der Waals surface area contributed by atoms with E-state index in [2.05, 4.69) is 96.8 Å². The Bertz CT molecular complexity index is 975. The van der Waals surface area contributed by atoms with Gasteiger partial charge in [0.2, 0.25) is 0 Å². The molecule has 3 heteroatoms. The van der Waals surface area contributed by atoms with Gasteiger partial charge in [0.1, 0.15) is 12.4 Å². The molecule has 0 aliphatic carbocycles. The van der Waals surface area contributed by atoms with Gasteiger partial charge in [0.05, 0.1) is 13.2 Å². The van der Waals surface area contributed by atoms with E-state index >= 15 is 0 Å². The Morgan fingerprint density at radius 2 is 1.38 bits per heavy atom. The Kier molecular flexibility index (Phi) is 8.13. The summed E-state index contributed by atoms with van der Waals surface area (Å²) in [6, 6.07) is 30.1. The molecule has 1 saturated heterocycles. The number of rotatable bonds is 9. The topological polar surface area (TPSA) is 21.7 Å². The number of nitrogens with zero attached hydrogens (tertiary/aromatic N) is 1. The first-order valence-electron chi connectivity index (χ1n) is 11.7. The highest BCUT2D eigenvalue weighted by molar-refractivity contribution is 5.91. The van der Waals surface area contributed by atoms with E-state index in [1.165, 1.54) is 27.8 Å². The van der Waals surface area contributed by atoms with Gasteiger partial charge in [-0.3, -0.25) is 4.90 Å². The fourth-order valence-corrected chi connectivity index (χ4v) is 4.28. The van der Waals surface area contributed by atoms with Crippen LogP contribution in [0.2, 0.25) is 0 Å². The van der Waals surface area contributed by atoms with Gasteiger partial charge >= 0.3 is 0 Å². The van der Waals surface area contributed by atoms with E-state index in [1.807, 2.05) is 0 Å². The van der Waals surface area contributed by atoms with E-state index in [1.54, 1.807) is 0 Å². The molecular weight excluding hydrogens is 394 g/mol. The molecule has 1 fully saturated rings. The van der Waals surface area contributed by atoms with Crippen molar-refractivity contribution in [1.82, 2.24) is 4.90 Å². The van der Waals surface area contributed by atoms with Crippen molar-refractivity contribution in [3.05, 3.63) is 102 Å². The summed E-state index contributed by atoms with van der Waals surface area (Å²) < 4.78 is 11.4. The highest BCUT2D eigenvalue weighted by Gasteiger charge is 2.12. The molecule has 0 amide bonds. The van der Waals surface area contributed by atoms with Gasteiger partial charge in [-0.2, -0.15) is 0 Å². The second-order valence-corrected chi connectivity index (χ2v) is 8.17. The predicted octanol–water partition coefficient (Wildman–Crippen LogP) is 5.96. The minimum atomic E-state index is 0.711. The molecule has 1 aliphatic rings. The second-order valence-electron chi connectivity index (χ2n) is 8.17. The Balaban J connectivity index is 1.48. The van der Waals surface area contributed by atoms with Crippen LogP contribution in [-0.2, 0) is 11.2 Å². The molecule has 0 spiro atoms. The lowest BCUT2D eigenvalue weighted by Gasteiger charge is -2.26. The van der Waals surface area contributed by atoms with Crippen molar-refractivity contribution in [3.8, 4) is 5.75 Å². The predicted molar refractivity (Wildman–Crippen MR) is 133 cm³/mol. The molecule has 4 rings (SSSR count). The Hall–Kier alpha value is -2.88. The van der Waals surface area contributed by atoms with Crippen molar-refractivity contribution in [2.45, 2.75) is 19.8 Å². The van der Waals surface area contributed by atoms with Crippen LogP contribution in [0.4, 0.5) is 0 Å². The molecule has 0 aromatic heterocycles. The van der Waals surface area contributed by atoms with Crippen LogP contribution >= 0.6 is 0 Å². The Labute approximate surface area is 192 Å². The average Bonchev–Trinajstić information content (AvgIpc) is 2.87. The Morgan fingerprint density at radius 3 is 1.97 bits per heavy atom.